The Morgan fingerprint density at radius 3 is 2.12 bits per heavy atom. The third-order valence-corrected chi connectivity index (χ3v) is 6.45. The molecule has 0 radical (unpaired) electrons. The number of ether oxygens (including phenoxy) is 2. The van der Waals surface area contributed by atoms with Crippen LogP contribution >= 0.6 is 0 Å². The highest BCUT2D eigenvalue weighted by molar-refractivity contribution is 5.30. The molecule has 3 aromatic rings. The molecule has 1 fully saturated rings. The van der Waals surface area contributed by atoms with Crippen LogP contribution in [0.25, 0.3) is 0 Å². The maximum atomic E-state index is 5.93. The van der Waals surface area contributed by atoms with Crippen molar-refractivity contribution in [2.24, 2.45) is 5.92 Å². The van der Waals surface area contributed by atoms with Gasteiger partial charge in [0.25, 0.3) is 0 Å². The summed E-state index contributed by atoms with van der Waals surface area (Å²) in [7, 11) is 0. The number of rotatable bonds is 10. The Balaban J connectivity index is 1.12. The van der Waals surface area contributed by atoms with E-state index >= 15 is 0 Å². The lowest BCUT2D eigenvalue weighted by atomic mass is 9.78. The lowest BCUT2D eigenvalue weighted by Gasteiger charge is -2.29. The van der Waals surface area contributed by atoms with E-state index in [0.29, 0.717) is 12.5 Å². The van der Waals surface area contributed by atoms with Crippen molar-refractivity contribution in [2.45, 2.75) is 45.1 Å². The molecule has 0 spiro atoms. The highest BCUT2D eigenvalue weighted by Gasteiger charge is 2.22. The molecule has 168 valence electrons. The molecule has 1 aliphatic carbocycles. The van der Waals surface area contributed by atoms with Crippen LogP contribution in [0.4, 0.5) is 0 Å². The zero-order chi connectivity index (χ0) is 22.0. The molecule has 0 heterocycles. The molecule has 0 unspecified atom stereocenters. The summed E-state index contributed by atoms with van der Waals surface area (Å²) in [6.07, 6.45) is 5.14. The van der Waals surface area contributed by atoms with Crippen LogP contribution in [0.2, 0.25) is 0 Å². The molecule has 3 aromatic carbocycles. The summed E-state index contributed by atoms with van der Waals surface area (Å²) >= 11 is 0. The Bertz CT molecular complexity index is 914. The second-order valence-electron chi connectivity index (χ2n) is 8.93. The van der Waals surface area contributed by atoms with Gasteiger partial charge in [0.1, 0.15) is 24.7 Å². The zero-order valence-electron chi connectivity index (χ0n) is 19.1. The Morgan fingerprint density at radius 2 is 1.41 bits per heavy atom. The van der Waals surface area contributed by atoms with Crippen molar-refractivity contribution in [3.05, 3.63) is 95.6 Å². The first-order chi connectivity index (χ1) is 15.8. The fraction of sp³-hybridized carbons (Fsp3) is 0.379. The highest BCUT2D eigenvalue weighted by Crippen LogP contribution is 2.36. The number of aryl methyl sites for hydroxylation is 1. The molecule has 1 saturated carbocycles. The predicted octanol–water partition coefficient (Wildman–Crippen LogP) is 6.52. The SMILES string of the molecule is Cc1ccc(OCCNCC2CCC(c3ccc(OCc4ccccc4)cc3)CC2)cc1. The molecule has 3 nitrogen and oxygen atoms in total. The molecule has 0 aromatic heterocycles. The topological polar surface area (TPSA) is 30.5 Å². The molecule has 0 amide bonds. The van der Waals surface area contributed by atoms with Crippen LogP contribution in [0.15, 0.2) is 78.9 Å². The Labute approximate surface area is 192 Å². The van der Waals surface area contributed by atoms with Crippen LogP contribution in [0, 0.1) is 12.8 Å². The first-order valence-electron chi connectivity index (χ1n) is 11.9. The lowest BCUT2D eigenvalue weighted by Crippen LogP contribution is -2.29. The summed E-state index contributed by atoms with van der Waals surface area (Å²) in [4.78, 5) is 0. The number of benzene rings is 3. The van der Waals surface area contributed by atoms with Gasteiger partial charge in [0, 0.05) is 6.54 Å². The summed E-state index contributed by atoms with van der Waals surface area (Å²) in [5.74, 6) is 3.36. The molecule has 1 N–H and O–H groups in total. The van der Waals surface area contributed by atoms with Crippen molar-refractivity contribution in [3.63, 3.8) is 0 Å². The minimum absolute atomic E-state index is 0.619. The molecule has 0 atom stereocenters. The summed E-state index contributed by atoms with van der Waals surface area (Å²) in [5, 5.41) is 3.58. The van der Waals surface area contributed by atoms with Gasteiger partial charge in [0.2, 0.25) is 0 Å². The highest BCUT2D eigenvalue weighted by atomic mass is 16.5. The molecule has 0 aliphatic heterocycles. The van der Waals surface area contributed by atoms with Crippen molar-refractivity contribution < 1.29 is 9.47 Å². The van der Waals surface area contributed by atoms with E-state index in [1.54, 1.807) is 0 Å². The summed E-state index contributed by atoms with van der Waals surface area (Å²) in [5.41, 5.74) is 3.92. The quantitative estimate of drug-likeness (QED) is 0.372. The van der Waals surface area contributed by atoms with Gasteiger partial charge in [-0.25, -0.2) is 0 Å². The third-order valence-electron chi connectivity index (χ3n) is 6.45. The lowest BCUT2D eigenvalue weighted by molar-refractivity contribution is 0.285. The van der Waals surface area contributed by atoms with E-state index in [0.717, 1.165) is 37.1 Å². The monoisotopic (exact) mass is 429 g/mol. The molecule has 4 rings (SSSR count). The van der Waals surface area contributed by atoms with Gasteiger partial charge in [-0.1, -0.05) is 60.2 Å². The maximum Gasteiger partial charge on any atom is 0.119 e. The van der Waals surface area contributed by atoms with E-state index in [1.807, 2.05) is 30.3 Å². The Hall–Kier alpha value is -2.78. The van der Waals surface area contributed by atoms with Gasteiger partial charge in [0.05, 0.1) is 0 Å². The first-order valence-corrected chi connectivity index (χ1v) is 11.9. The van der Waals surface area contributed by atoms with Crippen molar-refractivity contribution in [3.8, 4) is 11.5 Å². The number of hydrogen-bond acceptors (Lipinski definition) is 3. The van der Waals surface area contributed by atoms with Crippen LogP contribution in [-0.4, -0.2) is 19.7 Å². The third kappa shape index (κ3) is 6.86. The van der Waals surface area contributed by atoms with Crippen molar-refractivity contribution in [1.29, 1.82) is 0 Å². The van der Waals surface area contributed by atoms with Gasteiger partial charge in [0.15, 0.2) is 0 Å². The Kier molecular flexibility index (Phi) is 8.22. The average Bonchev–Trinajstić information content (AvgIpc) is 2.85. The minimum Gasteiger partial charge on any atom is -0.492 e. The summed E-state index contributed by atoms with van der Waals surface area (Å²) in [6, 6.07) is 27.3. The fourth-order valence-corrected chi connectivity index (χ4v) is 4.46. The van der Waals surface area contributed by atoms with Crippen LogP contribution in [0.5, 0.6) is 11.5 Å². The van der Waals surface area contributed by atoms with E-state index in [1.165, 1.54) is 42.4 Å². The normalized spacial score (nSPS) is 18.3. The molecular formula is C29H35NO2. The number of hydrogen-bond donors (Lipinski definition) is 1. The second-order valence-corrected chi connectivity index (χ2v) is 8.93. The van der Waals surface area contributed by atoms with Crippen molar-refractivity contribution in [2.75, 3.05) is 19.7 Å². The van der Waals surface area contributed by atoms with Crippen molar-refractivity contribution >= 4 is 0 Å². The van der Waals surface area contributed by atoms with Gasteiger partial charge in [-0.05, 0) is 86.4 Å². The van der Waals surface area contributed by atoms with Crippen LogP contribution < -0.4 is 14.8 Å². The minimum atomic E-state index is 0.619. The second kappa shape index (κ2) is 11.7. The molecule has 0 bridgehead atoms. The largest absolute Gasteiger partial charge is 0.492 e. The zero-order valence-corrected chi connectivity index (χ0v) is 19.1. The van der Waals surface area contributed by atoms with E-state index < -0.39 is 0 Å². The maximum absolute atomic E-state index is 5.93. The van der Waals surface area contributed by atoms with Crippen LogP contribution in [-0.2, 0) is 6.61 Å². The Morgan fingerprint density at radius 1 is 0.750 bits per heavy atom. The molecule has 1 aliphatic rings. The van der Waals surface area contributed by atoms with Crippen LogP contribution in [0.1, 0.15) is 48.3 Å². The van der Waals surface area contributed by atoms with Gasteiger partial charge in [-0.15, -0.1) is 0 Å². The molecular weight excluding hydrogens is 394 g/mol. The van der Waals surface area contributed by atoms with E-state index in [9.17, 15) is 0 Å². The fourth-order valence-electron chi connectivity index (χ4n) is 4.46. The van der Waals surface area contributed by atoms with Gasteiger partial charge < -0.3 is 14.8 Å². The molecule has 3 heteroatoms. The predicted molar refractivity (Wildman–Crippen MR) is 131 cm³/mol. The summed E-state index contributed by atoms with van der Waals surface area (Å²) < 4.78 is 11.7. The molecule has 0 saturated heterocycles. The number of nitrogens with one attached hydrogen (secondary N) is 1. The van der Waals surface area contributed by atoms with Gasteiger partial charge in [-0.2, -0.15) is 0 Å². The smallest absolute Gasteiger partial charge is 0.119 e. The average molecular weight is 430 g/mol. The van der Waals surface area contributed by atoms with E-state index in [2.05, 4.69) is 60.8 Å². The first kappa shape index (κ1) is 22.4. The summed E-state index contributed by atoms with van der Waals surface area (Å²) in [6.45, 7) is 5.43. The standard InChI is InChI=1S/C29H35NO2/c1-23-7-15-28(16-8-23)31-20-19-30-21-24-9-11-26(12-10-24)27-13-17-29(18-14-27)32-22-25-5-3-2-4-6-25/h2-8,13-18,24,26,30H,9-12,19-22H2,1H3. The van der Waals surface area contributed by atoms with Gasteiger partial charge in [-0.3, -0.25) is 0 Å². The van der Waals surface area contributed by atoms with E-state index in [-0.39, 0.29) is 0 Å². The molecule has 32 heavy (non-hydrogen) atoms. The van der Waals surface area contributed by atoms with Gasteiger partial charge >= 0.3 is 0 Å². The van der Waals surface area contributed by atoms with Crippen molar-refractivity contribution in [1.82, 2.24) is 5.32 Å². The van der Waals surface area contributed by atoms with E-state index in [4.69, 9.17) is 9.47 Å². The van der Waals surface area contributed by atoms with Crippen LogP contribution in [0.3, 0.4) is 0 Å².